The molecule has 0 spiro atoms. The number of hydrogen-bond acceptors (Lipinski definition) is 3. The molecule has 2 atom stereocenters. The molecule has 1 unspecified atom stereocenters. The third kappa shape index (κ3) is 3.85. The number of rotatable bonds is 6. The molecule has 0 saturated carbocycles. The van der Waals surface area contributed by atoms with Crippen LogP contribution in [0.15, 0.2) is 61.1 Å². The van der Waals surface area contributed by atoms with Gasteiger partial charge in [-0.1, -0.05) is 55.5 Å². The Morgan fingerprint density at radius 3 is 2.58 bits per heavy atom. The van der Waals surface area contributed by atoms with Gasteiger partial charge in [0.05, 0.1) is 12.2 Å². The fraction of sp³-hybridized carbons (Fsp3) is 0.273. The second kappa shape index (κ2) is 8.00. The van der Waals surface area contributed by atoms with E-state index in [-0.39, 0.29) is 24.4 Å². The van der Waals surface area contributed by atoms with E-state index in [1.165, 1.54) is 5.56 Å². The lowest BCUT2D eigenvalue weighted by Crippen LogP contribution is -2.14. The van der Waals surface area contributed by atoms with Gasteiger partial charge in [0, 0.05) is 17.8 Å². The normalized spacial score (nSPS) is 13.2. The quantitative estimate of drug-likeness (QED) is 0.656. The van der Waals surface area contributed by atoms with Gasteiger partial charge in [-0.15, -0.1) is 0 Å². The lowest BCUT2D eigenvalue weighted by molar-refractivity contribution is -0.146. The van der Waals surface area contributed by atoms with Crippen LogP contribution in [0.2, 0.25) is 0 Å². The van der Waals surface area contributed by atoms with Crippen molar-refractivity contribution >= 4 is 5.97 Å². The summed E-state index contributed by atoms with van der Waals surface area (Å²) < 4.78 is 5.59. The maximum absolute atomic E-state index is 12.4. The van der Waals surface area contributed by atoms with E-state index < -0.39 is 0 Å². The fourth-order valence-electron chi connectivity index (χ4n) is 3.15. The van der Waals surface area contributed by atoms with Crippen LogP contribution in [0.1, 0.15) is 53.6 Å². The smallest absolute Gasteiger partial charge is 0.313 e. The number of ether oxygens (including phenoxy) is 1. The van der Waals surface area contributed by atoms with Crippen molar-refractivity contribution in [3.05, 3.63) is 89.0 Å². The van der Waals surface area contributed by atoms with Gasteiger partial charge >= 0.3 is 5.97 Å². The molecule has 4 nitrogen and oxygen atoms in total. The van der Waals surface area contributed by atoms with Crippen molar-refractivity contribution in [1.82, 2.24) is 9.97 Å². The molecule has 4 heteroatoms. The summed E-state index contributed by atoms with van der Waals surface area (Å²) in [4.78, 5) is 19.7. The number of aromatic nitrogens is 2. The molecule has 1 heterocycles. The maximum atomic E-state index is 12.4. The average Bonchev–Trinajstić information content (AvgIpc) is 3.21. The van der Waals surface area contributed by atoms with Gasteiger partial charge in [-0.05, 0) is 36.1 Å². The summed E-state index contributed by atoms with van der Waals surface area (Å²) >= 11 is 0. The van der Waals surface area contributed by atoms with Gasteiger partial charge in [-0.25, -0.2) is 4.98 Å². The monoisotopic (exact) mass is 348 g/mol. The molecule has 3 aromatic rings. The van der Waals surface area contributed by atoms with Crippen LogP contribution in [-0.2, 0) is 16.1 Å². The summed E-state index contributed by atoms with van der Waals surface area (Å²) in [6.07, 6.45) is 3.54. The Balaban J connectivity index is 1.71. The summed E-state index contributed by atoms with van der Waals surface area (Å²) in [5.74, 6) is -0.275. The van der Waals surface area contributed by atoms with E-state index in [0.29, 0.717) is 0 Å². The van der Waals surface area contributed by atoms with Gasteiger partial charge in [0.15, 0.2) is 0 Å². The van der Waals surface area contributed by atoms with Crippen molar-refractivity contribution in [2.45, 2.75) is 39.2 Å². The van der Waals surface area contributed by atoms with Crippen LogP contribution in [0.25, 0.3) is 0 Å². The van der Waals surface area contributed by atoms with Crippen LogP contribution in [0.5, 0.6) is 0 Å². The molecule has 0 aliphatic carbocycles. The number of hydrogen-bond donors (Lipinski definition) is 1. The van der Waals surface area contributed by atoms with Crippen molar-refractivity contribution in [2.75, 3.05) is 0 Å². The van der Waals surface area contributed by atoms with E-state index >= 15 is 0 Å². The molecule has 0 aliphatic rings. The number of aromatic amines is 1. The number of esters is 1. The van der Waals surface area contributed by atoms with Crippen LogP contribution in [0.4, 0.5) is 0 Å². The van der Waals surface area contributed by atoms with E-state index in [0.717, 1.165) is 22.4 Å². The highest BCUT2D eigenvalue weighted by Crippen LogP contribution is 2.27. The van der Waals surface area contributed by atoms with Crippen LogP contribution < -0.4 is 0 Å². The number of nitrogens with one attached hydrogen (secondary N) is 1. The molecule has 134 valence electrons. The molecular formula is C22H24N2O2. The highest BCUT2D eigenvalue weighted by Gasteiger charge is 2.18. The first kappa shape index (κ1) is 17.9. The van der Waals surface area contributed by atoms with Gasteiger partial charge in [0.1, 0.15) is 6.61 Å². The van der Waals surface area contributed by atoms with Crippen molar-refractivity contribution in [3.63, 3.8) is 0 Å². The average molecular weight is 348 g/mol. The predicted octanol–water partition coefficient (Wildman–Crippen LogP) is 4.72. The molecule has 0 amide bonds. The number of carbonyl (C=O) groups is 1. The highest BCUT2D eigenvalue weighted by molar-refractivity contribution is 5.77. The molecule has 0 aliphatic heterocycles. The Morgan fingerprint density at radius 2 is 1.88 bits per heavy atom. The second-order valence-corrected chi connectivity index (χ2v) is 6.60. The van der Waals surface area contributed by atoms with Crippen LogP contribution >= 0.6 is 0 Å². The first-order valence-corrected chi connectivity index (χ1v) is 8.86. The minimum Gasteiger partial charge on any atom is -0.460 e. The summed E-state index contributed by atoms with van der Waals surface area (Å²) in [6.45, 7) is 6.38. The van der Waals surface area contributed by atoms with Gasteiger partial charge in [0.25, 0.3) is 0 Å². The topological polar surface area (TPSA) is 55.0 Å². The first-order chi connectivity index (χ1) is 12.6. The Labute approximate surface area is 154 Å². The largest absolute Gasteiger partial charge is 0.460 e. The zero-order chi connectivity index (χ0) is 18.5. The summed E-state index contributed by atoms with van der Waals surface area (Å²) in [5.41, 5.74) is 5.42. The van der Waals surface area contributed by atoms with E-state index in [1.54, 1.807) is 6.33 Å². The van der Waals surface area contributed by atoms with Crippen LogP contribution in [-0.4, -0.2) is 15.9 Å². The van der Waals surface area contributed by atoms with E-state index in [4.69, 9.17) is 4.74 Å². The fourth-order valence-corrected chi connectivity index (χ4v) is 3.15. The second-order valence-electron chi connectivity index (χ2n) is 6.60. The molecule has 0 radical (unpaired) electrons. The van der Waals surface area contributed by atoms with Crippen LogP contribution in [0.3, 0.4) is 0 Å². The summed E-state index contributed by atoms with van der Waals surface area (Å²) in [5, 5.41) is 0. The molecule has 3 rings (SSSR count). The molecule has 2 aromatic carbocycles. The molecule has 1 N–H and O–H groups in total. The zero-order valence-corrected chi connectivity index (χ0v) is 15.4. The Hall–Kier alpha value is -2.88. The van der Waals surface area contributed by atoms with E-state index in [2.05, 4.69) is 29.9 Å². The molecule has 0 fully saturated rings. The summed E-state index contributed by atoms with van der Waals surface area (Å²) in [7, 11) is 0. The standard InChI is InChI=1S/C22H24N2O2/c1-15-19(10-7-11-20(15)17(3)21-12-23-14-24-21)13-26-22(25)16(2)18-8-5-4-6-9-18/h4-12,14,16-17H,13H2,1-3H3,(H,23,24)/t16?,17-/m0/s1. The lowest BCUT2D eigenvalue weighted by Gasteiger charge is -2.17. The number of nitrogens with zero attached hydrogens (tertiary/aromatic N) is 1. The zero-order valence-electron chi connectivity index (χ0n) is 15.4. The number of benzene rings is 2. The molecule has 0 bridgehead atoms. The Bertz CT molecular complexity index is 857. The van der Waals surface area contributed by atoms with Gasteiger partial charge in [-0.3, -0.25) is 4.79 Å². The summed E-state index contributed by atoms with van der Waals surface area (Å²) in [6, 6.07) is 15.8. The lowest BCUT2D eigenvalue weighted by atomic mass is 9.91. The van der Waals surface area contributed by atoms with E-state index in [9.17, 15) is 4.79 Å². The number of H-pyrrole nitrogens is 1. The minimum absolute atomic E-state index is 0.205. The molecule has 1 aromatic heterocycles. The van der Waals surface area contributed by atoms with Crippen molar-refractivity contribution in [3.8, 4) is 0 Å². The third-order valence-corrected chi connectivity index (χ3v) is 4.96. The van der Waals surface area contributed by atoms with Gasteiger partial charge in [-0.2, -0.15) is 0 Å². The molecule has 0 saturated heterocycles. The van der Waals surface area contributed by atoms with Crippen molar-refractivity contribution in [2.24, 2.45) is 0 Å². The van der Waals surface area contributed by atoms with Gasteiger partial charge < -0.3 is 9.72 Å². The Morgan fingerprint density at radius 1 is 1.12 bits per heavy atom. The minimum atomic E-state index is -0.274. The highest BCUT2D eigenvalue weighted by atomic mass is 16.5. The molecular weight excluding hydrogens is 324 g/mol. The maximum Gasteiger partial charge on any atom is 0.313 e. The molecule has 26 heavy (non-hydrogen) atoms. The first-order valence-electron chi connectivity index (χ1n) is 8.86. The number of imidazole rings is 1. The Kier molecular flexibility index (Phi) is 5.52. The number of carbonyl (C=O) groups excluding carboxylic acids is 1. The third-order valence-electron chi connectivity index (χ3n) is 4.96. The SMILES string of the molecule is Cc1c(COC(=O)C(C)c2ccccc2)cccc1[C@H](C)c1cnc[nH]1. The van der Waals surface area contributed by atoms with E-state index in [1.807, 2.05) is 55.6 Å². The van der Waals surface area contributed by atoms with Crippen molar-refractivity contribution in [1.29, 1.82) is 0 Å². The van der Waals surface area contributed by atoms with Crippen LogP contribution in [0, 0.1) is 6.92 Å². The predicted molar refractivity (Wildman–Crippen MR) is 102 cm³/mol. The van der Waals surface area contributed by atoms with Crippen molar-refractivity contribution < 1.29 is 9.53 Å². The van der Waals surface area contributed by atoms with Gasteiger partial charge in [0.2, 0.25) is 0 Å².